The summed E-state index contributed by atoms with van der Waals surface area (Å²) in [6.45, 7) is 0. The van der Waals surface area contributed by atoms with Crippen molar-refractivity contribution >= 4 is 95.6 Å². The molecule has 1 aliphatic carbocycles. The highest BCUT2D eigenvalue weighted by Gasteiger charge is 2.25. The van der Waals surface area contributed by atoms with Crippen LogP contribution in [0.1, 0.15) is 38.5 Å². The predicted octanol–water partition coefficient (Wildman–Crippen LogP) is 6.92. The van der Waals surface area contributed by atoms with Crippen molar-refractivity contribution in [3.8, 4) is 0 Å². The minimum atomic E-state index is 0.560. The fraction of sp³-hybridized carbons (Fsp3) is 1.00. The van der Waals surface area contributed by atoms with Gasteiger partial charge in [-0.15, -0.1) is 0 Å². The zero-order chi connectivity index (χ0) is 13.7. The summed E-state index contributed by atoms with van der Waals surface area (Å²) in [5, 5.41) is 0. The van der Waals surface area contributed by atoms with Gasteiger partial charge in [-0.25, -0.2) is 0 Å². The second-order valence-electron chi connectivity index (χ2n) is 4.83. The van der Waals surface area contributed by atoms with Gasteiger partial charge in [0.05, 0.1) is 0 Å². The highest BCUT2D eigenvalue weighted by Crippen LogP contribution is 2.34. The molecule has 0 radical (unpaired) electrons. The average Bonchev–Trinajstić information content (AvgIpc) is 2.36. The van der Waals surface area contributed by atoms with Crippen molar-refractivity contribution in [3.05, 3.63) is 0 Å². The molecule has 18 heavy (non-hydrogen) atoms. The molecule has 0 nitrogen and oxygen atoms in total. The SMILES string of the molecule is Br[13C@@H]1[13CH2][13CH2][13C@@H](Br)[13C@@H](Br)[13CH2][13CH2][13C@H](Br)[13C@H](Br)[13CH2][13CH2][13C@H]1Br. The van der Waals surface area contributed by atoms with Gasteiger partial charge in [-0.3, -0.25) is 0 Å². The molecule has 0 bridgehead atoms. The first-order valence-corrected chi connectivity index (χ1v) is 11.8. The molecule has 6 atom stereocenters. The first kappa shape index (κ1) is 18.9. The van der Waals surface area contributed by atoms with E-state index >= 15 is 0 Å². The van der Waals surface area contributed by atoms with E-state index < -0.39 is 0 Å². The number of hydrogen-bond acceptors (Lipinski definition) is 0. The van der Waals surface area contributed by atoms with E-state index in [4.69, 9.17) is 0 Å². The number of halogens is 6. The van der Waals surface area contributed by atoms with Gasteiger partial charge in [0.1, 0.15) is 0 Å². The Balaban J connectivity index is 2.61. The molecule has 0 aliphatic heterocycles. The molecule has 108 valence electrons. The molecular formula is C12H18Br6. The molecule has 1 fully saturated rings. The zero-order valence-electron chi connectivity index (χ0n) is 9.97. The average molecular weight is 654 g/mol. The van der Waals surface area contributed by atoms with E-state index in [1.54, 1.807) is 0 Å². The Labute approximate surface area is 161 Å². The molecule has 0 spiro atoms. The molecule has 0 aromatic carbocycles. The zero-order valence-corrected chi connectivity index (χ0v) is 19.5. The van der Waals surface area contributed by atoms with Gasteiger partial charge in [0.15, 0.2) is 0 Å². The van der Waals surface area contributed by atoms with Crippen molar-refractivity contribution in [3.63, 3.8) is 0 Å². The van der Waals surface area contributed by atoms with Gasteiger partial charge in [0.2, 0.25) is 0 Å². The normalized spacial score (nSPS) is 45.0. The highest BCUT2D eigenvalue weighted by molar-refractivity contribution is 9.13. The molecule has 6 heteroatoms. The van der Waals surface area contributed by atoms with Crippen LogP contribution >= 0.6 is 95.6 Å². The molecule has 0 saturated heterocycles. The van der Waals surface area contributed by atoms with E-state index in [1.807, 2.05) is 0 Å². The predicted molar refractivity (Wildman–Crippen MR) is 104 cm³/mol. The van der Waals surface area contributed by atoms with Gasteiger partial charge < -0.3 is 0 Å². The standard InChI is InChI=1S/C12H18Br6/c13-7-1-2-8(14)10(16)5-6-12(18)11(17)4-3-9(7)15/h7-12H,1-6H2/t7-,8-,9-,10+,11-,12+/m1/s1/i1+1,2+1,3+1,4+1,5+1,6+1,7+1,8+1,9+1,10+1,11+1,12+1. The maximum absolute atomic E-state index is 3.82. The first-order valence-electron chi connectivity index (χ1n) is 6.26. The fourth-order valence-electron chi connectivity index (χ4n) is 2.04. The summed E-state index contributed by atoms with van der Waals surface area (Å²) in [7, 11) is 0. The smallest absolute Gasteiger partial charge is 0.0271 e. The van der Waals surface area contributed by atoms with Crippen molar-refractivity contribution in [2.24, 2.45) is 0 Å². The van der Waals surface area contributed by atoms with E-state index in [9.17, 15) is 0 Å². The third-order valence-electron chi connectivity index (χ3n) is 3.33. The summed E-state index contributed by atoms with van der Waals surface area (Å²) in [6, 6.07) is 0. The Morgan fingerprint density at radius 2 is 0.444 bits per heavy atom. The van der Waals surface area contributed by atoms with E-state index in [2.05, 4.69) is 95.6 Å². The van der Waals surface area contributed by atoms with E-state index in [0.717, 1.165) is 0 Å². The Morgan fingerprint density at radius 3 is 0.556 bits per heavy atom. The number of alkyl halides is 6. The summed E-state index contributed by atoms with van der Waals surface area (Å²) >= 11 is 22.9. The van der Waals surface area contributed by atoms with Gasteiger partial charge in [0, 0.05) is 29.0 Å². The third-order valence-corrected chi connectivity index (χ3v) is 12.0. The molecule has 0 N–H and O–H groups in total. The quantitative estimate of drug-likeness (QED) is 0.197. The van der Waals surface area contributed by atoms with Crippen LogP contribution in [-0.4, -0.2) is 29.0 Å². The van der Waals surface area contributed by atoms with Crippen LogP contribution < -0.4 is 0 Å². The molecule has 1 aliphatic rings. The Kier molecular flexibility index (Phi) is 10.3. The second kappa shape index (κ2) is 9.81. The minimum Gasteiger partial charge on any atom is -0.0879 e. The van der Waals surface area contributed by atoms with Gasteiger partial charge in [-0.2, -0.15) is 0 Å². The van der Waals surface area contributed by atoms with Crippen LogP contribution in [0.25, 0.3) is 0 Å². The topological polar surface area (TPSA) is 0 Å². The van der Waals surface area contributed by atoms with Crippen LogP contribution in [0.3, 0.4) is 0 Å². The monoisotopic (exact) mass is 648 g/mol. The molecule has 1 saturated carbocycles. The Morgan fingerprint density at radius 1 is 0.333 bits per heavy atom. The Bertz CT molecular complexity index is 175. The van der Waals surface area contributed by atoms with Crippen LogP contribution in [0.5, 0.6) is 0 Å². The summed E-state index contributed by atoms with van der Waals surface area (Å²) < 4.78 is 0. The maximum Gasteiger partial charge on any atom is 0.0271 e. The lowest BCUT2D eigenvalue weighted by Crippen LogP contribution is -2.25. The summed E-state index contributed by atoms with van der Waals surface area (Å²) in [5.41, 5.74) is 0. The molecule has 1 rings (SSSR count). The molecular weight excluding hydrogens is 635 g/mol. The van der Waals surface area contributed by atoms with E-state index in [1.165, 1.54) is 38.5 Å². The van der Waals surface area contributed by atoms with Crippen molar-refractivity contribution in [2.45, 2.75) is 67.5 Å². The lowest BCUT2D eigenvalue weighted by atomic mass is 11.0. The van der Waals surface area contributed by atoms with Crippen molar-refractivity contribution < 1.29 is 0 Å². The van der Waals surface area contributed by atoms with Crippen LogP contribution in [-0.2, 0) is 0 Å². The Hall–Kier alpha value is 2.88. The maximum atomic E-state index is 3.82. The lowest BCUT2D eigenvalue weighted by Gasteiger charge is -2.25. The summed E-state index contributed by atoms with van der Waals surface area (Å²) in [4.78, 5) is 3.36. The number of rotatable bonds is 0. The fourth-order valence-corrected chi connectivity index (χ4v) is 5.21. The minimum absolute atomic E-state index is 0.560. The molecule has 0 amide bonds. The van der Waals surface area contributed by atoms with Crippen molar-refractivity contribution in [1.82, 2.24) is 0 Å². The van der Waals surface area contributed by atoms with Gasteiger partial charge >= 0.3 is 0 Å². The van der Waals surface area contributed by atoms with Crippen LogP contribution in [0.2, 0.25) is 0 Å². The van der Waals surface area contributed by atoms with E-state index in [0.29, 0.717) is 29.0 Å². The van der Waals surface area contributed by atoms with Gasteiger partial charge in [0.25, 0.3) is 0 Å². The second-order valence-corrected chi connectivity index (χ2v) is 11.9. The van der Waals surface area contributed by atoms with Crippen LogP contribution in [0.15, 0.2) is 0 Å². The van der Waals surface area contributed by atoms with Crippen molar-refractivity contribution in [2.75, 3.05) is 0 Å². The molecule has 0 heterocycles. The third kappa shape index (κ3) is 6.76. The molecule has 0 unspecified atom stereocenters. The van der Waals surface area contributed by atoms with Gasteiger partial charge in [-0.05, 0) is 38.5 Å². The molecule has 0 aromatic heterocycles. The highest BCUT2D eigenvalue weighted by atomic mass is 79.9. The van der Waals surface area contributed by atoms with Crippen molar-refractivity contribution in [1.29, 1.82) is 0 Å². The lowest BCUT2D eigenvalue weighted by molar-refractivity contribution is 0.557. The largest absolute Gasteiger partial charge is 0.0879 e. The summed E-state index contributed by atoms with van der Waals surface area (Å²) in [6.07, 6.45) is 7.24. The summed E-state index contributed by atoms with van der Waals surface area (Å²) in [5.74, 6) is 0. The van der Waals surface area contributed by atoms with Gasteiger partial charge in [-0.1, -0.05) is 95.6 Å². The van der Waals surface area contributed by atoms with Crippen LogP contribution in [0.4, 0.5) is 0 Å². The van der Waals surface area contributed by atoms with Crippen LogP contribution in [0, 0.1) is 0 Å². The first-order chi connectivity index (χ1) is 8.41. The number of hydrogen-bond donors (Lipinski definition) is 0. The molecule has 0 aromatic rings. The van der Waals surface area contributed by atoms with E-state index in [-0.39, 0.29) is 0 Å².